The van der Waals surface area contributed by atoms with E-state index in [4.69, 9.17) is 0 Å². The van der Waals surface area contributed by atoms with E-state index >= 15 is 0 Å². The zero-order chi connectivity index (χ0) is 13.9. The van der Waals surface area contributed by atoms with Gasteiger partial charge >= 0.3 is 0 Å². The molecule has 98 valence electrons. The fourth-order valence-corrected chi connectivity index (χ4v) is 2.32. The van der Waals surface area contributed by atoms with Crippen molar-refractivity contribution in [2.75, 3.05) is 0 Å². The average molecular weight is 260 g/mol. The molecule has 2 nitrogen and oxygen atoms in total. The lowest BCUT2D eigenvalue weighted by atomic mass is 10.0. The van der Waals surface area contributed by atoms with Crippen molar-refractivity contribution in [1.82, 2.24) is 9.97 Å². The van der Waals surface area contributed by atoms with E-state index in [-0.39, 0.29) is 0 Å². The van der Waals surface area contributed by atoms with Crippen molar-refractivity contribution >= 4 is 0 Å². The van der Waals surface area contributed by atoms with Gasteiger partial charge in [0.25, 0.3) is 0 Å². The van der Waals surface area contributed by atoms with Crippen LogP contribution in [0.5, 0.6) is 0 Å². The smallest absolute Gasteiger partial charge is 0.126 e. The number of rotatable bonds is 2. The Bertz CT molecular complexity index is 733. The lowest BCUT2D eigenvalue weighted by Gasteiger charge is -2.08. The minimum atomic E-state index is 0.796. The van der Waals surface area contributed by atoms with Crippen LogP contribution in [0.2, 0.25) is 0 Å². The highest BCUT2D eigenvalue weighted by Gasteiger charge is 2.07. The monoisotopic (exact) mass is 260 g/mol. The molecule has 0 fully saturated rings. The van der Waals surface area contributed by atoms with E-state index in [9.17, 15) is 0 Å². The highest BCUT2D eigenvalue weighted by Crippen LogP contribution is 2.25. The maximum absolute atomic E-state index is 4.58. The van der Waals surface area contributed by atoms with Crippen LogP contribution in [-0.4, -0.2) is 9.97 Å². The molecule has 3 rings (SSSR count). The molecule has 0 aliphatic carbocycles. The van der Waals surface area contributed by atoms with E-state index in [0.29, 0.717) is 0 Å². The number of aromatic nitrogens is 2. The van der Waals surface area contributed by atoms with E-state index in [1.54, 1.807) is 0 Å². The number of nitrogens with zero attached hydrogens (tertiary/aromatic N) is 2. The van der Waals surface area contributed by atoms with Gasteiger partial charge in [-0.05, 0) is 25.5 Å². The van der Waals surface area contributed by atoms with Gasteiger partial charge in [0.2, 0.25) is 0 Å². The van der Waals surface area contributed by atoms with Gasteiger partial charge in [0.1, 0.15) is 5.82 Å². The SMILES string of the molecule is Cc1nc(-c2ccccc2)cc(-c2ccccc2C)n1. The van der Waals surface area contributed by atoms with Crippen LogP contribution in [0.15, 0.2) is 60.7 Å². The molecule has 0 saturated carbocycles. The molecule has 0 saturated heterocycles. The largest absolute Gasteiger partial charge is 0.233 e. The molecular weight excluding hydrogens is 244 g/mol. The molecule has 0 amide bonds. The molecule has 1 aromatic heterocycles. The summed E-state index contributed by atoms with van der Waals surface area (Å²) in [6.07, 6.45) is 0. The van der Waals surface area contributed by atoms with Crippen LogP contribution >= 0.6 is 0 Å². The third-order valence-corrected chi connectivity index (χ3v) is 3.33. The third kappa shape index (κ3) is 2.45. The Balaban J connectivity index is 2.15. The molecule has 0 atom stereocenters. The van der Waals surface area contributed by atoms with Crippen molar-refractivity contribution in [3.63, 3.8) is 0 Å². The number of hydrogen-bond donors (Lipinski definition) is 0. The summed E-state index contributed by atoms with van der Waals surface area (Å²) in [5.41, 5.74) is 5.46. The maximum atomic E-state index is 4.58. The maximum Gasteiger partial charge on any atom is 0.126 e. The Kier molecular flexibility index (Phi) is 3.30. The van der Waals surface area contributed by atoms with Crippen LogP contribution < -0.4 is 0 Å². The van der Waals surface area contributed by atoms with Gasteiger partial charge in [-0.2, -0.15) is 0 Å². The van der Waals surface area contributed by atoms with Crippen LogP contribution in [0.4, 0.5) is 0 Å². The molecule has 2 heteroatoms. The molecule has 3 aromatic rings. The zero-order valence-electron chi connectivity index (χ0n) is 11.7. The average Bonchev–Trinajstić information content (AvgIpc) is 2.48. The second kappa shape index (κ2) is 5.25. The van der Waals surface area contributed by atoms with Crippen LogP contribution in [-0.2, 0) is 0 Å². The van der Waals surface area contributed by atoms with Crippen molar-refractivity contribution in [3.05, 3.63) is 72.1 Å². The summed E-state index contributed by atoms with van der Waals surface area (Å²) in [7, 11) is 0. The molecule has 1 heterocycles. The van der Waals surface area contributed by atoms with Crippen LogP contribution in [0, 0.1) is 13.8 Å². The minimum absolute atomic E-state index is 0.796. The van der Waals surface area contributed by atoms with Gasteiger partial charge in [0, 0.05) is 11.1 Å². The van der Waals surface area contributed by atoms with Crippen molar-refractivity contribution in [1.29, 1.82) is 0 Å². The molecule has 0 bridgehead atoms. The van der Waals surface area contributed by atoms with E-state index < -0.39 is 0 Å². The Morgan fingerprint density at radius 3 is 2.10 bits per heavy atom. The fraction of sp³-hybridized carbons (Fsp3) is 0.111. The molecule has 0 radical (unpaired) electrons. The first-order valence-electron chi connectivity index (χ1n) is 6.71. The fourth-order valence-electron chi connectivity index (χ4n) is 2.32. The number of aryl methyl sites for hydroxylation is 2. The van der Waals surface area contributed by atoms with Gasteiger partial charge in [0.15, 0.2) is 0 Å². The summed E-state index contributed by atoms with van der Waals surface area (Å²) in [6.45, 7) is 4.04. The van der Waals surface area contributed by atoms with Crippen molar-refractivity contribution in [3.8, 4) is 22.5 Å². The van der Waals surface area contributed by atoms with Gasteiger partial charge < -0.3 is 0 Å². The Hall–Kier alpha value is -2.48. The summed E-state index contributed by atoms with van der Waals surface area (Å²) in [5, 5.41) is 0. The quantitative estimate of drug-likeness (QED) is 0.681. The molecule has 20 heavy (non-hydrogen) atoms. The molecule has 0 aliphatic rings. The summed E-state index contributed by atoms with van der Waals surface area (Å²) < 4.78 is 0. The van der Waals surface area contributed by atoms with Crippen LogP contribution in [0.25, 0.3) is 22.5 Å². The second-order valence-electron chi connectivity index (χ2n) is 4.87. The summed E-state index contributed by atoms with van der Waals surface area (Å²) >= 11 is 0. The predicted molar refractivity (Wildman–Crippen MR) is 82.4 cm³/mol. The Morgan fingerprint density at radius 1 is 0.700 bits per heavy atom. The van der Waals surface area contributed by atoms with E-state index in [1.807, 2.05) is 37.3 Å². The molecule has 0 unspecified atom stereocenters. The van der Waals surface area contributed by atoms with Crippen molar-refractivity contribution in [2.45, 2.75) is 13.8 Å². The normalized spacial score (nSPS) is 10.5. The summed E-state index contributed by atoms with van der Waals surface area (Å²) in [6, 6.07) is 20.6. The molecule has 0 spiro atoms. The van der Waals surface area contributed by atoms with Gasteiger partial charge in [-0.1, -0.05) is 54.6 Å². The van der Waals surface area contributed by atoms with Crippen LogP contribution in [0.3, 0.4) is 0 Å². The molecule has 0 aliphatic heterocycles. The first-order valence-corrected chi connectivity index (χ1v) is 6.71. The summed E-state index contributed by atoms with van der Waals surface area (Å²) in [5.74, 6) is 0.796. The highest BCUT2D eigenvalue weighted by atomic mass is 14.9. The lowest BCUT2D eigenvalue weighted by Crippen LogP contribution is -1.95. The lowest BCUT2D eigenvalue weighted by molar-refractivity contribution is 1.06. The van der Waals surface area contributed by atoms with Gasteiger partial charge in [-0.15, -0.1) is 0 Å². The van der Waals surface area contributed by atoms with Crippen LogP contribution in [0.1, 0.15) is 11.4 Å². The predicted octanol–water partition coefficient (Wildman–Crippen LogP) is 4.43. The van der Waals surface area contributed by atoms with Gasteiger partial charge in [0.05, 0.1) is 11.4 Å². The zero-order valence-corrected chi connectivity index (χ0v) is 11.7. The minimum Gasteiger partial charge on any atom is -0.233 e. The Morgan fingerprint density at radius 2 is 1.35 bits per heavy atom. The topological polar surface area (TPSA) is 25.8 Å². The first-order chi connectivity index (χ1) is 9.74. The molecule has 2 aromatic carbocycles. The summed E-state index contributed by atoms with van der Waals surface area (Å²) in [4.78, 5) is 9.13. The van der Waals surface area contributed by atoms with E-state index in [0.717, 1.165) is 28.3 Å². The Labute approximate surface area is 119 Å². The number of benzene rings is 2. The van der Waals surface area contributed by atoms with Gasteiger partial charge in [-0.3, -0.25) is 0 Å². The second-order valence-corrected chi connectivity index (χ2v) is 4.87. The third-order valence-electron chi connectivity index (χ3n) is 3.33. The first kappa shape index (κ1) is 12.5. The highest BCUT2D eigenvalue weighted by molar-refractivity contribution is 5.69. The van der Waals surface area contributed by atoms with Crippen molar-refractivity contribution in [2.24, 2.45) is 0 Å². The van der Waals surface area contributed by atoms with Crippen molar-refractivity contribution < 1.29 is 0 Å². The standard InChI is InChI=1S/C18H16N2/c1-13-8-6-7-11-16(13)18-12-17(19-14(2)20-18)15-9-4-3-5-10-15/h3-12H,1-2H3. The van der Waals surface area contributed by atoms with Gasteiger partial charge in [-0.25, -0.2) is 9.97 Å². The van der Waals surface area contributed by atoms with E-state index in [1.165, 1.54) is 5.56 Å². The number of hydrogen-bond acceptors (Lipinski definition) is 2. The van der Waals surface area contributed by atoms with E-state index in [2.05, 4.69) is 47.2 Å². The molecule has 0 N–H and O–H groups in total. The molecular formula is C18H16N2.